The highest BCUT2D eigenvalue weighted by atomic mass is 35.5. The second kappa shape index (κ2) is 11.2. The van der Waals surface area contributed by atoms with Crippen molar-refractivity contribution in [1.82, 2.24) is 5.32 Å². The van der Waals surface area contributed by atoms with E-state index in [1.54, 1.807) is 24.3 Å². The lowest BCUT2D eigenvalue weighted by Crippen LogP contribution is -2.26. The Hall–Kier alpha value is -2.57. The van der Waals surface area contributed by atoms with Crippen LogP contribution < -0.4 is 10.6 Å². The van der Waals surface area contributed by atoms with Gasteiger partial charge in [-0.1, -0.05) is 47.5 Å². The Labute approximate surface area is 192 Å². The largest absolute Gasteiger partial charge is 0.465 e. The molecule has 1 atom stereocenters. The number of esters is 1. The third-order valence-corrected chi connectivity index (χ3v) is 5.15. The number of halogens is 2. The topological polar surface area (TPSA) is 70.6 Å². The van der Waals surface area contributed by atoms with E-state index in [1.807, 2.05) is 42.5 Å². The normalized spacial score (nSPS) is 11.7. The average molecular weight is 459 g/mol. The van der Waals surface area contributed by atoms with Crippen LogP contribution in [-0.2, 0) is 4.74 Å². The Balaban J connectivity index is 1.51. The van der Waals surface area contributed by atoms with Crippen molar-refractivity contribution in [1.29, 1.82) is 0 Å². The molecule has 0 bridgehead atoms. The van der Waals surface area contributed by atoms with E-state index >= 15 is 0 Å². The van der Waals surface area contributed by atoms with Gasteiger partial charge < -0.3 is 20.5 Å². The highest BCUT2D eigenvalue weighted by Gasteiger charge is 2.09. The van der Waals surface area contributed by atoms with Gasteiger partial charge in [-0.05, 0) is 59.2 Å². The van der Waals surface area contributed by atoms with Crippen LogP contribution in [0.4, 0.5) is 5.69 Å². The molecule has 0 radical (unpaired) electrons. The number of anilines is 1. The highest BCUT2D eigenvalue weighted by Crippen LogP contribution is 2.24. The fourth-order valence-electron chi connectivity index (χ4n) is 3.17. The number of aliphatic hydroxyl groups excluding tert-OH is 1. The van der Waals surface area contributed by atoms with Gasteiger partial charge in [0.1, 0.15) is 0 Å². The van der Waals surface area contributed by atoms with Crippen LogP contribution in [0.15, 0.2) is 66.7 Å². The van der Waals surface area contributed by atoms with Crippen LogP contribution >= 0.6 is 23.2 Å². The Bertz CT molecular complexity index is 1020. The number of carbonyl (C=O) groups excluding carboxylic acids is 1. The maximum atomic E-state index is 11.8. The molecule has 0 amide bonds. The van der Waals surface area contributed by atoms with Gasteiger partial charge in [-0.25, -0.2) is 4.79 Å². The molecular weight excluding hydrogens is 435 g/mol. The van der Waals surface area contributed by atoms with Crippen LogP contribution in [0.25, 0.3) is 11.1 Å². The van der Waals surface area contributed by atoms with E-state index in [0.717, 1.165) is 16.8 Å². The van der Waals surface area contributed by atoms with Crippen LogP contribution in [0.1, 0.15) is 22.0 Å². The minimum absolute atomic E-state index is 0.357. The number of hydrogen-bond donors (Lipinski definition) is 3. The Morgan fingerprint density at radius 2 is 1.65 bits per heavy atom. The number of methoxy groups -OCH3 is 1. The van der Waals surface area contributed by atoms with Crippen LogP contribution in [0.5, 0.6) is 0 Å². The molecule has 0 aliphatic heterocycles. The van der Waals surface area contributed by atoms with Gasteiger partial charge in [0.05, 0.1) is 18.8 Å². The first-order valence-corrected chi connectivity index (χ1v) is 10.6. The van der Waals surface area contributed by atoms with Gasteiger partial charge in [0, 0.05) is 35.4 Å². The van der Waals surface area contributed by atoms with Gasteiger partial charge in [0.25, 0.3) is 0 Å². The van der Waals surface area contributed by atoms with Crippen molar-refractivity contribution in [3.05, 3.63) is 87.9 Å². The number of carbonyl (C=O) groups is 1. The molecule has 0 aliphatic carbocycles. The quantitative estimate of drug-likeness (QED) is 0.304. The first-order chi connectivity index (χ1) is 15.0. The summed E-state index contributed by atoms with van der Waals surface area (Å²) in [6, 6.07) is 20.4. The van der Waals surface area contributed by atoms with Crippen molar-refractivity contribution < 1.29 is 14.6 Å². The van der Waals surface area contributed by atoms with E-state index in [2.05, 4.69) is 10.6 Å². The first-order valence-electron chi connectivity index (χ1n) is 9.84. The molecule has 0 heterocycles. The molecular formula is C24H24Cl2N2O3. The SMILES string of the molecule is COC(=O)c1cccc(-c2cccc(NCCNC[C@H](O)c3cc(Cl)cc(Cl)c3)c2)c1. The smallest absolute Gasteiger partial charge is 0.337 e. The zero-order chi connectivity index (χ0) is 22.2. The van der Waals surface area contributed by atoms with Crippen molar-refractivity contribution in [3.63, 3.8) is 0 Å². The summed E-state index contributed by atoms with van der Waals surface area (Å²) in [4.78, 5) is 11.8. The van der Waals surface area contributed by atoms with Crippen LogP contribution in [0.2, 0.25) is 10.0 Å². The number of rotatable bonds is 9. The lowest BCUT2D eigenvalue weighted by molar-refractivity contribution is 0.0601. The van der Waals surface area contributed by atoms with Crippen LogP contribution in [0.3, 0.4) is 0 Å². The third kappa shape index (κ3) is 6.71. The molecule has 3 N–H and O–H groups in total. The third-order valence-electron chi connectivity index (χ3n) is 4.72. The van der Waals surface area contributed by atoms with Gasteiger partial charge >= 0.3 is 5.97 Å². The van der Waals surface area contributed by atoms with Crippen molar-refractivity contribution in [3.8, 4) is 11.1 Å². The minimum atomic E-state index is -0.693. The number of aliphatic hydroxyl groups is 1. The van der Waals surface area contributed by atoms with E-state index in [-0.39, 0.29) is 5.97 Å². The van der Waals surface area contributed by atoms with Crippen LogP contribution in [-0.4, -0.2) is 37.8 Å². The molecule has 0 aromatic heterocycles. The van der Waals surface area contributed by atoms with Gasteiger partial charge in [-0.15, -0.1) is 0 Å². The maximum absolute atomic E-state index is 11.8. The molecule has 3 rings (SSSR count). The summed E-state index contributed by atoms with van der Waals surface area (Å²) in [6.07, 6.45) is -0.693. The predicted octanol–water partition coefficient (Wildman–Crippen LogP) is 5.18. The zero-order valence-corrected chi connectivity index (χ0v) is 18.6. The Morgan fingerprint density at radius 3 is 2.35 bits per heavy atom. The number of benzene rings is 3. The minimum Gasteiger partial charge on any atom is -0.465 e. The highest BCUT2D eigenvalue weighted by molar-refractivity contribution is 6.34. The average Bonchev–Trinajstić information content (AvgIpc) is 2.77. The number of nitrogens with one attached hydrogen (secondary N) is 2. The first kappa shape index (κ1) is 23.1. The molecule has 0 aliphatic rings. The second-order valence-electron chi connectivity index (χ2n) is 7.00. The molecule has 0 saturated heterocycles. The lowest BCUT2D eigenvalue weighted by Gasteiger charge is -2.14. The van der Waals surface area contributed by atoms with Gasteiger partial charge in [-0.2, -0.15) is 0 Å². The molecule has 3 aromatic rings. The van der Waals surface area contributed by atoms with Crippen molar-refractivity contribution in [2.75, 3.05) is 32.1 Å². The lowest BCUT2D eigenvalue weighted by atomic mass is 10.0. The molecule has 31 heavy (non-hydrogen) atoms. The standard InChI is InChI=1S/C24H24Cl2N2O3/c1-31-24(30)18-6-2-4-16(10-18)17-5-3-7-22(13-17)28-9-8-27-15-23(29)19-11-20(25)14-21(26)12-19/h2-7,10-14,23,27-29H,8-9,15H2,1H3/t23-/m0/s1. The maximum Gasteiger partial charge on any atom is 0.337 e. The summed E-state index contributed by atoms with van der Waals surface area (Å²) < 4.78 is 4.79. The molecule has 0 saturated carbocycles. The monoisotopic (exact) mass is 458 g/mol. The van der Waals surface area contributed by atoms with E-state index in [9.17, 15) is 9.90 Å². The summed E-state index contributed by atoms with van der Waals surface area (Å²) in [5, 5.41) is 17.9. The van der Waals surface area contributed by atoms with Crippen molar-refractivity contribution >= 4 is 34.9 Å². The fourth-order valence-corrected chi connectivity index (χ4v) is 3.71. The molecule has 7 heteroatoms. The Kier molecular flexibility index (Phi) is 8.32. The fraction of sp³-hybridized carbons (Fsp3) is 0.208. The summed E-state index contributed by atoms with van der Waals surface area (Å²) in [6.45, 7) is 1.72. The molecule has 0 spiro atoms. The van der Waals surface area contributed by atoms with E-state index in [1.165, 1.54) is 7.11 Å². The summed E-state index contributed by atoms with van der Waals surface area (Å²) in [5.41, 5.74) is 4.09. The van der Waals surface area contributed by atoms with E-state index < -0.39 is 6.10 Å². The Morgan fingerprint density at radius 1 is 0.968 bits per heavy atom. The van der Waals surface area contributed by atoms with Crippen molar-refractivity contribution in [2.45, 2.75) is 6.10 Å². The van der Waals surface area contributed by atoms with Gasteiger partial charge in [0.2, 0.25) is 0 Å². The molecule has 0 fully saturated rings. The zero-order valence-electron chi connectivity index (χ0n) is 17.1. The number of ether oxygens (including phenoxy) is 1. The van der Waals surface area contributed by atoms with E-state index in [4.69, 9.17) is 27.9 Å². The molecule has 0 unspecified atom stereocenters. The molecule has 5 nitrogen and oxygen atoms in total. The number of hydrogen-bond acceptors (Lipinski definition) is 5. The summed E-state index contributed by atoms with van der Waals surface area (Å²) >= 11 is 12.0. The second-order valence-corrected chi connectivity index (χ2v) is 7.88. The summed E-state index contributed by atoms with van der Waals surface area (Å²) in [5.74, 6) is -0.357. The van der Waals surface area contributed by atoms with E-state index in [0.29, 0.717) is 40.8 Å². The molecule has 3 aromatic carbocycles. The van der Waals surface area contributed by atoms with Gasteiger partial charge in [0.15, 0.2) is 0 Å². The predicted molar refractivity (Wildman–Crippen MR) is 126 cm³/mol. The summed E-state index contributed by atoms with van der Waals surface area (Å²) in [7, 11) is 1.37. The van der Waals surface area contributed by atoms with Crippen LogP contribution in [0, 0.1) is 0 Å². The van der Waals surface area contributed by atoms with Gasteiger partial charge in [-0.3, -0.25) is 0 Å². The molecule has 162 valence electrons. The van der Waals surface area contributed by atoms with Crippen molar-refractivity contribution in [2.24, 2.45) is 0 Å².